The minimum atomic E-state index is -4.48. The first kappa shape index (κ1) is 15.3. The summed E-state index contributed by atoms with van der Waals surface area (Å²) < 4.78 is 37.7. The van der Waals surface area contributed by atoms with Crippen LogP contribution >= 0.6 is 11.6 Å². The van der Waals surface area contributed by atoms with Gasteiger partial charge in [0.2, 0.25) is 0 Å². The topological polar surface area (TPSA) is 33.2 Å². The molecule has 3 nitrogen and oxygen atoms in total. The Kier molecular flexibility index (Phi) is 4.18. The number of aromatic nitrogens is 1. The van der Waals surface area contributed by atoms with Gasteiger partial charge < -0.3 is 4.90 Å². The number of carbonyl (C=O) groups is 1. The molecule has 0 atom stereocenters. The standard InChI is InChI=1S/C14H10ClF3N2O/c1-20(13(21)9-4-6-19-7-5-9)12-3-2-10(8-11(12)15)14(16,17)18/h2-8H,1H3. The zero-order valence-corrected chi connectivity index (χ0v) is 11.6. The number of benzene rings is 1. The van der Waals surface area contributed by atoms with Crippen LogP contribution in [0.3, 0.4) is 0 Å². The number of anilines is 1. The van der Waals surface area contributed by atoms with Gasteiger partial charge in [-0.15, -0.1) is 0 Å². The Morgan fingerprint density at radius 2 is 1.81 bits per heavy atom. The number of pyridine rings is 1. The Labute approximate surface area is 124 Å². The first-order chi connectivity index (χ1) is 9.80. The van der Waals surface area contributed by atoms with Gasteiger partial charge in [0.15, 0.2) is 0 Å². The smallest absolute Gasteiger partial charge is 0.310 e. The molecule has 0 N–H and O–H groups in total. The van der Waals surface area contributed by atoms with E-state index in [9.17, 15) is 18.0 Å². The molecule has 0 aliphatic heterocycles. The summed E-state index contributed by atoms with van der Waals surface area (Å²) in [6.07, 6.45) is -1.57. The molecule has 21 heavy (non-hydrogen) atoms. The van der Waals surface area contributed by atoms with Crippen molar-refractivity contribution < 1.29 is 18.0 Å². The first-order valence-corrected chi connectivity index (χ1v) is 6.23. The van der Waals surface area contributed by atoms with Gasteiger partial charge in [-0.25, -0.2) is 0 Å². The second kappa shape index (κ2) is 5.73. The maximum Gasteiger partial charge on any atom is 0.416 e. The van der Waals surface area contributed by atoms with Crippen LogP contribution in [0.15, 0.2) is 42.7 Å². The highest BCUT2D eigenvalue weighted by Gasteiger charge is 2.31. The van der Waals surface area contributed by atoms with Gasteiger partial charge in [0.25, 0.3) is 5.91 Å². The quantitative estimate of drug-likeness (QED) is 0.838. The van der Waals surface area contributed by atoms with Gasteiger partial charge in [-0.2, -0.15) is 13.2 Å². The fourth-order valence-corrected chi connectivity index (χ4v) is 2.06. The lowest BCUT2D eigenvalue weighted by Gasteiger charge is -2.19. The molecule has 0 unspecified atom stereocenters. The van der Waals surface area contributed by atoms with E-state index >= 15 is 0 Å². The van der Waals surface area contributed by atoms with E-state index in [0.717, 1.165) is 12.1 Å². The highest BCUT2D eigenvalue weighted by Crippen LogP contribution is 2.35. The Morgan fingerprint density at radius 3 is 2.33 bits per heavy atom. The molecule has 110 valence electrons. The maximum atomic E-state index is 12.6. The van der Waals surface area contributed by atoms with Gasteiger partial charge in [0, 0.05) is 25.0 Å². The van der Waals surface area contributed by atoms with Gasteiger partial charge in [-0.05, 0) is 30.3 Å². The molecule has 1 aromatic carbocycles. The number of alkyl halides is 3. The number of carbonyl (C=O) groups excluding carboxylic acids is 1. The molecule has 2 rings (SSSR count). The van der Waals surface area contributed by atoms with Crippen LogP contribution in [0.5, 0.6) is 0 Å². The number of nitrogens with zero attached hydrogens (tertiary/aromatic N) is 2. The largest absolute Gasteiger partial charge is 0.416 e. The van der Waals surface area contributed by atoms with E-state index in [2.05, 4.69) is 4.98 Å². The zero-order valence-electron chi connectivity index (χ0n) is 10.9. The summed E-state index contributed by atoms with van der Waals surface area (Å²) in [5.41, 5.74) is -0.295. The Hall–Kier alpha value is -2.08. The summed E-state index contributed by atoms with van der Waals surface area (Å²) in [6, 6.07) is 5.88. The summed E-state index contributed by atoms with van der Waals surface area (Å²) in [5, 5.41) is -0.144. The van der Waals surface area contributed by atoms with Crippen molar-refractivity contribution >= 4 is 23.2 Å². The molecule has 1 amide bonds. The Morgan fingerprint density at radius 1 is 1.19 bits per heavy atom. The molecule has 0 fully saturated rings. The normalized spacial score (nSPS) is 11.3. The lowest BCUT2D eigenvalue weighted by Crippen LogP contribution is -2.26. The van der Waals surface area contributed by atoms with Crippen molar-refractivity contribution in [1.82, 2.24) is 4.98 Å². The fourth-order valence-electron chi connectivity index (χ4n) is 1.75. The van der Waals surface area contributed by atoms with E-state index in [4.69, 9.17) is 11.6 Å². The zero-order chi connectivity index (χ0) is 15.6. The average Bonchev–Trinajstić information content (AvgIpc) is 2.45. The van der Waals surface area contributed by atoms with Crippen molar-refractivity contribution in [2.24, 2.45) is 0 Å². The van der Waals surface area contributed by atoms with Crippen molar-refractivity contribution in [3.05, 3.63) is 58.9 Å². The number of halogens is 4. The number of hydrogen-bond donors (Lipinski definition) is 0. The van der Waals surface area contributed by atoms with Gasteiger partial charge in [-0.3, -0.25) is 9.78 Å². The van der Waals surface area contributed by atoms with Gasteiger partial charge in [0.1, 0.15) is 0 Å². The number of hydrogen-bond acceptors (Lipinski definition) is 2. The van der Waals surface area contributed by atoms with E-state index in [1.54, 1.807) is 0 Å². The number of rotatable bonds is 2. The van der Waals surface area contributed by atoms with E-state index in [1.807, 2.05) is 0 Å². The molecule has 0 aliphatic carbocycles. The summed E-state index contributed by atoms with van der Waals surface area (Å²) in [5.74, 6) is -0.390. The highest BCUT2D eigenvalue weighted by atomic mass is 35.5. The molecule has 2 aromatic rings. The molecule has 7 heteroatoms. The van der Waals surface area contributed by atoms with E-state index in [-0.39, 0.29) is 16.6 Å². The van der Waals surface area contributed by atoms with Gasteiger partial charge >= 0.3 is 6.18 Å². The van der Waals surface area contributed by atoms with Crippen molar-refractivity contribution in [2.45, 2.75) is 6.18 Å². The van der Waals surface area contributed by atoms with Crippen molar-refractivity contribution in [3.8, 4) is 0 Å². The molecule has 1 aromatic heterocycles. The number of amides is 1. The molecule has 0 saturated carbocycles. The average molecular weight is 315 g/mol. The van der Waals surface area contributed by atoms with Crippen molar-refractivity contribution in [1.29, 1.82) is 0 Å². The fraction of sp³-hybridized carbons (Fsp3) is 0.143. The van der Waals surface area contributed by atoms with Crippen LogP contribution in [0.2, 0.25) is 5.02 Å². The second-order valence-electron chi connectivity index (χ2n) is 4.26. The van der Waals surface area contributed by atoms with Crippen LogP contribution < -0.4 is 4.90 Å². The van der Waals surface area contributed by atoms with Crippen molar-refractivity contribution in [3.63, 3.8) is 0 Å². The Bertz CT molecular complexity index is 659. The summed E-state index contributed by atoms with van der Waals surface area (Å²) in [4.78, 5) is 17.2. The van der Waals surface area contributed by atoms with Crippen molar-refractivity contribution in [2.75, 3.05) is 11.9 Å². The SMILES string of the molecule is CN(C(=O)c1ccncc1)c1ccc(C(F)(F)F)cc1Cl. The summed E-state index contributed by atoms with van der Waals surface area (Å²) in [6.45, 7) is 0. The second-order valence-corrected chi connectivity index (χ2v) is 4.67. The molecule has 1 heterocycles. The van der Waals surface area contributed by atoms with E-state index in [1.165, 1.54) is 42.5 Å². The molecule has 0 spiro atoms. The van der Waals surface area contributed by atoms with Crippen LogP contribution in [0, 0.1) is 0 Å². The predicted octanol–water partition coefficient (Wildman–Crippen LogP) is 4.03. The summed E-state index contributed by atoms with van der Waals surface area (Å²) in [7, 11) is 1.44. The third-order valence-electron chi connectivity index (χ3n) is 2.87. The van der Waals surface area contributed by atoms with E-state index < -0.39 is 11.7 Å². The third-order valence-corrected chi connectivity index (χ3v) is 3.17. The monoisotopic (exact) mass is 314 g/mol. The predicted molar refractivity (Wildman–Crippen MR) is 73.4 cm³/mol. The minimum absolute atomic E-state index is 0.144. The molecular weight excluding hydrogens is 305 g/mol. The highest BCUT2D eigenvalue weighted by molar-refractivity contribution is 6.34. The van der Waals surface area contributed by atoms with Crippen LogP contribution in [0.4, 0.5) is 18.9 Å². The molecule has 0 saturated heterocycles. The molecule has 0 radical (unpaired) electrons. The van der Waals surface area contributed by atoms with E-state index in [0.29, 0.717) is 5.56 Å². The minimum Gasteiger partial charge on any atom is -0.310 e. The van der Waals surface area contributed by atoms with Crippen LogP contribution in [0.25, 0.3) is 0 Å². The lowest BCUT2D eigenvalue weighted by molar-refractivity contribution is -0.137. The van der Waals surface area contributed by atoms with Crippen LogP contribution in [-0.2, 0) is 6.18 Å². The summed E-state index contributed by atoms with van der Waals surface area (Å²) >= 11 is 5.86. The van der Waals surface area contributed by atoms with Gasteiger partial charge in [0.05, 0.1) is 16.3 Å². The molecule has 0 bridgehead atoms. The molecule has 0 aliphatic rings. The lowest BCUT2D eigenvalue weighted by atomic mass is 10.1. The Balaban J connectivity index is 2.32. The van der Waals surface area contributed by atoms with Crippen LogP contribution in [0.1, 0.15) is 15.9 Å². The first-order valence-electron chi connectivity index (χ1n) is 5.85. The van der Waals surface area contributed by atoms with Gasteiger partial charge in [-0.1, -0.05) is 11.6 Å². The maximum absolute atomic E-state index is 12.6. The molecular formula is C14H10ClF3N2O. The third kappa shape index (κ3) is 3.33. The van der Waals surface area contributed by atoms with Crippen LogP contribution in [-0.4, -0.2) is 17.9 Å².